The Bertz CT molecular complexity index is 489. The maximum absolute atomic E-state index is 12.8. The largest absolute Gasteiger partial charge is 0.481 e. The Morgan fingerprint density at radius 1 is 1.22 bits per heavy atom. The fourth-order valence-electron chi connectivity index (χ4n) is 2.36. The van der Waals surface area contributed by atoms with Gasteiger partial charge in [0.1, 0.15) is 0 Å². The molecule has 0 aromatic heterocycles. The lowest BCUT2D eigenvalue weighted by Gasteiger charge is -2.27. The second-order valence-electron chi connectivity index (χ2n) is 5.71. The van der Waals surface area contributed by atoms with Crippen LogP contribution in [0.4, 0.5) is 0 Å². The molecule has 5 heteroatoms. The highest BCUT2D eigenvalue weighted by molar-refractivity contribution is 5.84. The minimum absolute atomic E-state index is 0.0409. The van der Waals surface area contributed by atoms with E-state index in [9.17, 15) is 9.59 Å². The van der Waals surface area contributed by atoms with Crippen molar-refractivity contribution < 1.29 is 19.4 Å². The van der Waals surface area contributed by atoms with Crippen LogP contribution in [0.3, 0.4) is 0 Å². The van der Waals surface area contributed by atoms with Crippen molar-refractivity contribution >= 4 is 11.9 Å². The number of hydrogen-bond acceptors (Lipinski definition) is 3. The van der Waals surface area contributed by atoms with Gasteiger partial charge in [0.2, 0.25) is 5.91 Å². The van der Waals surface area contributed by atoms with Gasteiger partial charge < -0.3 is 14.7 Å². The van der Waals surface area contributed by atoms with Crippen molar-refractivity contribution in [3.63, 3.8) is 0 Å². The van der Waals surface area contributed by atoms with E-state index in [2.05, 4.69) is 0 Å². The topological polar surface area (TPSA) is 66.8 Å². The van der Waals surface area contributed by atoms with Gasteiger partial charge in [0.15, 0.2) is 0 Å². The van der Waals surface area contributed by atoms with Crippen molar-refractivity contribution in [2.75, 3.05) is 26.3 Å². The summed E-state index contributed by atoms with van der Waals surface area (Å²) in [6.07, 6.45) is 0.702. The van der Waals surface area contributed by atoms with Crippen molar-refractivity contribution in [1.29, 1.82) is 0 Å². The molecule has 2 unspecified atom stereocenters. The van der Waals surface area contributed by atoms with Crippen LogP contribution in [0.5, 0.6) is 0 Å². The third-order valence-electron chi connectivity index (χ3n) is 3.82. The van der Waals surface area contributed by atoms with Crippen LogP contribution in [0, 0.1) is 5.92 Å². The summed E-state index contributed by atoms with van der Waals surface area (Å²) in [6.45, 7) is 7.34. The first-order valence-corrected chi connectivity index (χ1v) is 8.11. The average molecular weight is 321 g/mol. The highest BCUT2D eigenvalue weighted by Gasteiger charge is 2.25. The zero-order chi connectivity index (χ0) is 17.2. The minimum Gasteiger partial charge on any atom is -0.481 e. The summed E-state index contributed by atoms with van der Waals surface area (Å²) in [5.41, 5.74) is 0.940. The van der Waals surface area contributed by atoms with E-state index in [4.69, 9.17) is 9.84 Å². The van der Waals surface area contributed by atoms with Crippen LogP contribution in [0.2, 0.25) is 0 Å². The van der Waals surface area contributed by atoms with E-state index in [0.29, 0.717) is 26.2 Å². The molecule has 0 aliphatic rings. The summed E-state index contributed by atoms with van der Waals surface area (Å²) in [5.74, 6) is -1.81. The van der Waals surface area contributed by atoms with Crippen LogP contribution >= 0.6 is 0 Å². The fourth-order valence-corrected chi connectivity index (χ4v) is 2.36. The van der Waals surface area contributed by atoms with Crippen molar-refractivity contribution in [2.24, 2.45) is 5.92 Å². The lowest BCUT2D eigenvalue weighted by atomic mass is 9.99. The van der Waals surface area contributed by atoms with E-state index >= 15 is 0 Å². The van der Waals surface area contributed by atoms with Gasteiger partial charge >= 0.3 is 5.97 Å². The molecule has 5 nitrogen and oxygen atoms in total. The maximum atomic E-state index is 12.8. The van der Waals surface area contributed by atoms with Crippen molar-refractivity contribution in [1.82, 2.24) is 4.90 Å². The second kappa shape index (κ2) is 10.0. The molecule has 1 aromatic rings. The van der Waals surface area contributed by atoms with Gasteiger partial charge in [-0.25, -0.2) is 0 Å². The van der Waals surface area contributed by atoms with Gasteiger partial charge in [-0.2, -0.15) is 0 Å². The molecule has 0 saturated heterocycles. The Labute approximate surface area is 138 Å². The minimum atomic E-state index is -0.889. The van der Waals surface area contributed by atoms with Gasteiger partial charge in [0.25, 0.3) is 0 Å². The highest BCUT2D eigenvalue weighted by atomic mass is 16.5. The number of carboxylic acid groups (broad SMARTS) is 1. The van der Waals surface area contributed by atoms with Gasteiger partial charge in [0, 0.05) is 26.3 Å². The van der Waals surface area contributed by atoms with E-state index in [-0.39, 0.29) is 18.4 Å². The van der Waals surface area contributed by atoms with E-state index in [1.807, 2.05) is 44.2 Å². The van der Waals surface area contributed by atoms with Gasteiger partial charge in [-0.05, 0) is 25.8 Å². The van der Waals surface area contributed by atoms with E-state index < -0.39 is 11.9 Å². The molecule has 128 valence electrons. The summed E-state index contributed by atoms with van der Waals surface area (Å²) in [4.78, 5) is 25.5. The number of aliphatic carboxylic acids is 1. The molecule has 0 spiro atoms. The van der Waals surface area contributed by atoms with Crippen molar-refractivity contribution in [3.05, 3.63) is 35.9 Å². The molecule has 0 aliphatic heterocycles. The number of amides is 1. The second-order valence-corrected chi connectivity index (χ2v) is 5.71. The number of carboxylic acids is 1. The average Bonchev–Trinajstić information content (AvgIpc) is 2.56. The number of carbonyl (C=O) groups is 2. The molecule has 1 rings (SSSR count). The normalized spacial score (nSPS) is 13.3. The fraction of sp³-hybridized carbons (Fsp3) is 0.556. The number of hydrogen-bond donors (Lipinski definition) is 1. The number of rotatable bonds is 10. The van der Waals surface area contributed by atoms with E-state index in [1.54, 1.807) is 11.8 Å². The standard InChI is InChI=1S/C18H27NO4/c1-4-23-12-8-11-19(13-14(2)18(21)22)17(20)15(3)16-9-6-5-7-10-16/h5-7,9-10,14-15H,4,8,11-13H2,1-3H3,(H,21,22). The summed E-state index contributed by atoms with van der Waals surface area (Å²) in [7, 11) is 0. The number of nitrogens with zero attached hydrogens (tertiary/aromatic N) is 1. The lowest BCUT2D eigenvalue weighted by Crippen LogP contribution is -2.40. The number of benzene rings is 1. The quantitative estimate of drug-likeness (QED) is 0.673. The molecule has 0 bridgehead atoms. The Hall–Kier alpha value is -1.88. The Kier molecular flexibility index (Phi) is 8.33. The Morgan fingerprint density at radius 3 is 2.43 bits per heavy atom. The van der Waals surface area contributed by atoms with Gasteiger partial charge in [-0.3, -0.25) is 9.59 Å². The van der Waals surface area contributed by atoms with E-state index in [1.165, 1.54) is 0 Å². The van der Waals surface area contributed by atoms with Crippen molar-refractivity contribution in [2.45, 2.75) is 33.1 Å². The van der Waals surface area contributed by atoms with Crippen LogP contribution < -0.4 is 0 Å². The molecule has 1 N–H and O–H groups in total. The zero-order valence-corrected chi connectivity index (χ0v) is 14.2. The molecular formula is C18H27NO4. The van der Waals surface area contributed by atoms with Gasteiger partial charge in [-0.1, -0.05) is 37.3 Å². The lowest BCUT2D eigenvalue weighted by molar-refractivity contribution is -0.143. The van der Waals surface area contributed by atoms with Crippen LogP contribution in [0.25, 0.3) is 0 Å². The number of ether oxygens (including phenoxy) is 1. The molecule has 0 radical (unpaired) electrons. The van der Waals surface area contributed by atoms with Crippen LogP contribution in [0.15, 0.2) is 30.3 Å². The molecule has 0 fully saturated rings. The third kappa shape index (κ3) is 6.40. The third-order valence-corrected chi connectivity index (χ3v) is 3.82. The first-order chi connectivity index (χ1) is 11.0. The summed E-state index contributed by atoms with van der Waals surface area (Å²) in [5, 5.41) is 9.12. The van der Waals surface area contributed by atoms with Crippen LogP contribution in [-0.2, 0) is 14.3 Å². The predicted octanol–water partition coefficient (Wildman–Crippen LogP) is 2.77. The molecule has 0 heterocycles. The van der Waals surface area contributed by atoms with Crippen molar-refractivity contribution in [3.8, 4) is 0 Å². The zero-order valence-electron chi connectivity index (χ0n) is 14.2. The van der Waals surface area contributed by atoms with Crippen LogP contribution in [-0.4, -0.2) is 48.2 Å². The SMILES string of the molecule is CCOCCCN(CC(C)C(=O)O)C(=O)C(C)c1ccccc1. The van der Waals surface area contributed by atoms with Crippen LogP contribution in [0.1, 0.15) is 38.7 Å². The van der Waals surface area contributed by atoms with Gasteiger partial charge in [0.05, 0.1) is 11.8 Å². The molecule has 0 aliphatic carbocycles. The van der Waals surface area contributed by atoms with Gasteiger partial charge in [-0.15, -0.1) is 0 Å². The number of carbonyl (C=O) groups excluding carboxylic acids is 1. The highest BCUT2D eigenvalue weighted by Crippen LogP contribution is 2.18. The van der Waals surface area contributed by atoms with E-state index in [0.717, 1.165) is 5.56 Å². The molecule has 1 amide bonds. The Balaban J connectivity index is 2.75. The summed E-state index contributed by atoms with van der Waals surface area (Å²) in [6, 6.07) is 9.55. The molecule has 0 saturated carbocycles. The summed E-state index contributed by atoms with van der Waals surface area (Å²) >= 11 is 0. The predicted molar refractivity (Wildman–Crippen MR) is 89.3 cm³/mol. The molecule has 1 aromatic carbocycles. The monoisotopic (exact) mass is 321 g/mol. The first-order valence-electron chi connectivity index (χ1n) is 8.11. The molecular weight excluding hydrogens is 294 g/mol. The summed E-state index contributed by atoms with van der Waals surface area (Å²) < 4.78 is 5.31. The maximum Gasteiger partial charge on any atom is 0.308 e. The molecule has 2 atom stereocenters. The smallest absolute Gasteiger partial charge is 0.308 e. The Morgan fingerprint density at radius 2 is 1.87 bits per heavy atom. The first kappa shape index (κ1) is 19.2. The molecule has 23 heavy (non-hydrogen) atoms.